The lowest BCUT2D eigenvalue weighted by Gasteiger charge is -2.26. The van der Waals surface area contributed by atoms with Gasteiger partial charge < -0.3 is 5.32 Å². The first-order valence-corrected chi connectivity index (χ1v) is 8.05. The molecule has 112 valence electrons. The van der Waals surface area contributed by atoms with Crippen molar-refractivity contribution in [1.82, 2.24) is 10.2 Å². The van der Waals surface area contributed by atoms with Crippen LogP contribution in [0.1, 0.15) is 58.1 Å². The standard InChI is InChI=1S/C18H30N2/c1-5-17-11-8-12-20(17)14-16-10-7-6-9-15(16)13-19-18(2,3)4/h6-7,9-10,17,19H,5,8,11-14H2,1-4H3. The topological polar surface area (TPSA) is 15.3 Å². The third-order valence-electron chi connectivity index (χ3n) is 4.27. The Morgan fingerprint density at radius 2 is 1.90 bits per heavy atom. The molecular weight excluding hydrogens is 244 g/mol. The third-order valence-corrected chi connectivity index (χ3v) is 4.27. The Morgan fingerprint density at radius 1 is 1.20 bits per heavy atom. The summed E-state index contributed by atoms with van der Waals surface area (Å²) in [5, 5.41) is 3.61. The lowest BCUT2D eigenvalue weighted by atomic mass is 10.0. The van der Waals surface area contributed by atoms with E-state index < -0.39 is 0 Å². The number of nitrogens with one attached hydrogen (secondary N) is 1. The Kier molecular flexibility index (Phi) is 5.22. The highest BCUT2D eigenvalue weighted by Crippen LogP contribution is 2.23. The molecule has 0 amide bonds. The monoisotopic (exact) mass is 274 g/mol. The second-order valence-electron chi connectivity index (χ2n) is 7.05. The molecule has 1 saturated heterocycles. The van der Waals surface area contributed by atoms with Crippen LogP contribution in [0.3, 0.4) is 0 Å². The van der Waals surface area contributed by atoms with Crippen molar-refractivity contribution in [3.63, 3.8) is 0 Å². The highest BCUT2D eigenvalue weighted by Gasteiger charge is 2.23. The van der Waals surface area contributed by atoms with Crippen molar-refractivity contribution < 1.29 is 0 Å². The number of benzene rings is 1. The van der Waals surface area contributed by atoms with Gasteiger partial charge in [-0.15, -0.1) is 0 Å². The normalized spacial score (nSPS) is 20.5. The second-order valence-corrected chi connectivity index (χ2v) is 7.05. The molecule has 0 bridgehead atoms. The Bertz CT molecular complexity index is 420. The van der Waals surface area contributed by atoms with E-state index in [0.717, 1.165) is 19.1 Å². The van der Waals surface area contributed by atoms with Crippen LogP contribution in [0.15, 0.2) is 24.3 Å². The van der Waals surface area contributed by atoms with E-state index in [1.165, 1.54) is 36.9 Å². The van der Waals surface area contributed by atoms with Crippen molar-refractivity contribution in [1.29, 1.82) is 0 Å². The van der Waals surface area contributed by atoms with E-state index in [4.69, 9.17) is 0 Å². The molecule has 1 atom stereocenters. The molecule has 1 heterocycles. The van der Waals surface area contributed by atoms with Gasteiger partial charge in [0.05, 0.1) is 0 Å². The zero-order valence-corrected chi connectivity index (χ0v) is 13.6. The minimum absolute atomic E-state index is 0.173. The van der Waals surface area contributed by atoms with Gasteiger partial charge >= 0.3 is 0 Å². The molecule has 2 rings (SSSR count). The largest absolute Gasteiger partial charge is 0.308 e. The van der Waals surface area contributed by atoms with Crippen LogP contribution in [0, 0.1) is 0 Å². The number of hydrogen-bond donors (Lipinski definition) is 1. The minimum Gasteiger partial charge on any atom is -0.308 e. The number of likely N-dealkylation sites (tertiary alicyclic amines) is 1. The van der Waals surface area contributed by atoms with Crippen LogP contribution in [0.2, 0.25) is 0 Å². The summed E-state index contributed by atoms with van der Waals surface area (Å²) in [6, 6.07) is 9.69. The van der Waals surface area contributed by atoms with Crippen molar-refractivity contribution in [2.75, 3.05) is 6.54 Å². The van der Waals surface area contributed by atoms with Crippen molar-refractivity contribution in [3.8, 4) is 0 Å². The average molecular weight is 274 g/mol. The molecule has 20 heavy (non-hydrogen) atoms. The molecule has 1 fully saturated rings. The highest BCUT2D eigenvalue weighted by molar-refractivity contribution is 5.27. The van der Waals surface area contributed by atoms with Gasteiger partial charge in [-0.25, -0.2) is 0 Å². The lowest BCUT2D eigenvalue weighted by Crippen LogP contribution is -2.35. The fourth-order valence-electron chi connectivity index (χ4n) is 3.03. The SMILES string of the molecule is CCC1CCCN1Cc1ccccc1CNC(C)(C)C. The molecule has 0 spiro atoms. The predicted octanol–water partition coefficient (Wildman–Crippen LogP) is 3.95. The first-order chi connectivity index (χ1) is 9.49. The molecule has 1 unspecified atom stereocenters. The lowest BCUT2D eigenvalue weighted by molar-refractivity contribution is 0.239. The fraction of sp³-hybridized carbons (Fsp3) is 0.667. The molecule has 0 aromatic heterocycles. The van der Waals surface area contributed by atoms with Crippen LogP contribution in [0.5, 0.6) is 0 Å². The van der Waals surface area contributed by atoms with Gasteiger partial charge in [0.15, 0.2) is 0 Å². The summed E-state index contributed by atoms with van der Waals surface area (Å²) in [6.45, 7) is 12.3. The summed E-state index contributed by atoms with van der Waals surface area (Å²) in [7, 11) is 0. The summed E-state index contributed by atoms with van der Waals surface area (Å²) in [6.07, 6.45) is 4.02. The molecule has 2 nitrogen and oxygen atoms in total. The van der Waals surface area contributed by atoms with E-state index >= 15 is 0 Å². The number of hydrogen-bond acceptors (Lipinski definition) is 2. The zero-order valence-electron chi connectivity index (χ0n) is 13.6. The number of nitrogens with zero attached hydrogens (tertiary/aromatic N) is 1. The fourth-order valence-corrected chi connectivity index (χ4v) is 3.03. The van der Waals surface area contributed by atoms with E-state index in [1.807, 2.05) is 0 Å². The Hall–Kier alpha value is -0.860. The van der Waals surface area contributed by atoms with E-state index in [2.05, 4.69) is 62.2 Å². The first-order valence-electron chi connectivity index (χ1n) is 8.05. The number of rotatable bonds is 5. The van der Waals surface area contributed by atoms with Gasteiger partial charge in [-0.1, -0.05) is 31.2 Å². The van der Waals surface area contributed by atoms with E-state index in [0.29, 0.717) is 0 Å². The van der Waals surface area contributed by atoms with Crippen LogP contribution < -0.4 is 5.32 Å². The molecule has 1 aromatic rings. The molecule has 1 N–H and O–H groups in total. The first kappa shape index (κ1) is 15.5. The van der Waals surface area contributed by atoms with E-state index in [-0.39, 0.29) is 5.54 Å². The molecular formula is C18H30N2. The zero-order chi connectivity index (χ0) is 14.6. The molecule has 0 radical (unpaired) electrons. The molecule has 0 aliphatic carbocycles. The summed E-state index contributed by atoms with van der Waals surface area (Å²) >= 11 is 0. The van der Waals surface area contributed by atoms with E-state index in [9.17, 15) is 0 Å². The predicted molar refractivity (Wildman–Crippen MR) is 86.8 cm³/mol. The Morgan fingerprint density at radius 3 is 2.55 bits per heavy atom. The maximum Gasteiger partial charge on any atom is 0.0239 e. The van der Waals surface area contributed by atoms with Gasteiger partial charge in [-0.3, -0.25) is 4.90 Å². The Balaban J connectivity index is 2.04. The van der Waals surface area contributed by atoms with Crippen molar-refractivity contribution in [2.24, 2.45) is 0 Å². The van der Waals surface area contributed by atoms with Crippen LogP contribution in [0.25, 0.3) is 0 Å². The summed E-state index contributed by atoms with van der Waals surface area (Å²) in [5.74, 6) is 0. The summed E-state index contributed by atoms with van der Waals surface area (Å²) < 4.78 is 0. The van der Waals surface area contributed by atoms with Crippen LogP contribution in [0.4, 0.5) is 0 Å². The van der Waals surface area contributed by atoms with Crippen LogP contribution >= 0.6 is 0 Å². The van der Waals surface area contributed by atoms with Gasteiger partial charge in [0.25, 0.3) is 0 Å². The second kappa shape index (κ2) is 6.73. The highest BCUT2D eigenvalue weighted by atomic mass is 15.2. The van der Waals surface area contributed by atoms with Gasteiger partial charge in [-0.05, 0) is 57.7 Å². The summed E-state index contributed by atoms with van der Waals surface area (Å²) in [5.41, 5.74) is 3.11. The maximum atomic E-state index is 3.61. The van der Waals surface area contributed by atoms with Crippen molar-refractivity contribution in [3.05, 3.63) is 35.4 Å². The van der Waals surface area contributed by atoms with E-state index in [1.54, 1.807) is 0 Å². The minimum atomic E-state index is 0.173. The Labute approximate surface area is 124 Å². The molecule has 0 saturated carbocycles. The molecule has 2 heteroatoms. The molecule has 1 aliphatic rings. The molecule has 1 aliphatic heterocycles. The quantitative estimate of drug-likeness (QED) is 0.874. The van der Waals surface area contributed by atoms with Crippen molar-refractivity contribution >= 4 is 0 Å². The van der Waals surface area contributed by atoms with Gasteiger partial charge in [0.2, 0.25) is 0 Å². The third kappa shape index (κ3) is 4.32. The maximum absolute atomic E-state index is 3.61. The summed E-state index contributed by atoms with van der Waals surface area (Å²) in [4.78, 5) is 2.66. The van der Waals surface area contributed by atoms with Gasteiger partial charge in [0, 0.05) is 24.7 Å². The van der Waals surface area contributed by atoms with Crippen LogP contribution in [-0.2, 0) is 13.1 Å². The van der Waals surface area contributed by atoms with Crippen molar-refractivity contribution in [2.45, 2.75) is 71.6 Å². The molecule has 1 aromatic carbocycles. The van der Waals surface area contributed by atoms with Crippen LogP contribution in [-0.4, -0.2) is 23.0 Å². The smallest absolute Gasteiger partial charge is 0.0239 e. The van der Waals surface area contributed by atoms with Gasteiger partial charge in [-0.2, -0.15) is 0 Å². The average Bonchev–Trinajstić information content (AvgIpc) is 2.84. The van der Waals surface area contributed by atoms with Gasteiger partial charge in [0.1, 0.15) is 0 Å².